The fourth-order valence-corrected chi connectivity index (χ4v) is 3.91. The van der Waals surface area contributed by atoms with Crippen molar-refractivity contribution in [2.24, 2.45) is 5.92 Å². The number of ether oxygens (including phenoxy) is 1. The van der Waals surface area contributed by atoms with Crippen LogP contribution in [0.1, 0.15) is 43.8 Å². The summed E-state index contributed by atoms with van der Waals surface area (Å²) in [4.78, 5) is 9.20. The molecular formula is C19H31N5O3S. The van der Waals surface area contributed by atoms with Gasteiger partial charge in [0.1, 0.15) is 11.3 Å². The summed E-state index contributed by atoms with van der Waals surface area (Å²) in [5, 5.41) is -0.444. The van der Waals surface area contributed by atoms with Gasteiger partial charge in [0.25, 0.3) is 0 Å². The molecule has 8 nitrogen and oxygen atoms in total. The Bertz CT molecular complexity index is 948. The zero-order chi connectivity index (χ0) is 20.5. The fraction of sp³-hybridized carbons (Fsp3) is 0.684. The zero-order valence-electron chi connectivity index (χ0n) is 17.2. The van der Waals surface area contributed by atoms with Gasteiger partial charge in [-0.15, -0.1) is 0 Å². The molecule has 2 heterocycles. The van der Waals surface area contributed by atoms with E-state index in [1.807, 2.05) is 13.8 Å². The molecule has 0 spiro atoms. The van der Waals surface area contributed by atoms with Crippen LogP contribution in [-0.2, 0) is 27.7 Å². The second-order valence-electron chi connectivity index (χ2n) is 7.83. The Morgan fingerprint density at radius 1 is 1.25 bits per heavy atom. The number of anilines is 1. The minimum atomic E-state index is -3.25. The van der Waals surface area contributed by atoms with Crippen molar-refractivity contribution < 1.29 is 13.2 Å². The van der Waals surface area contributed by atoms with Crippen LogP contribution in [0, 0.1) is 19.8 Å². The average molecular weight is 410 g/mol. The van der Waals surface area contributed by atoms with Gasteiger partial charge in [-0.05, 0) is 52.0 Å². The summed E-state index contributed by atoms with van der Waals surface area (Å²) in [5.74, 6) is 2.21. The Hall–Kier alpha value is -1.71. The van der Waals surface area contributed by atoms with E-state index in [1.54, 1.807) is 13.8 Å². The van der Waals surface area contributed by atoms with Crippen LogP contribution in [0.5, 0.6) is 0 Å². The Labute approximate surface area is 166 Å². The fourth-order valence-electron chi connectivity index (χ4n) is 3.20. The third-order valence-corrected chi connectivity index (χ3v) is 7.12. The van der Waals surface area contributed by atoms with Crippen molar-refractivity contribution >= 4 is 26.9 Å². The molecule has 2 aromatic rings. The van der Waals surface area contributed by atoms with Crippen molar-refractivity contribution in [2.45, 2.75) is 58.8 Å². The number of aromatic nitrogens is 3. The smallest absolute Gasteiger partial charge is 0.214 e. The van der Waals surface area contributed by atoms with Crippen molar-refractivity contribution in [1.82, 2.24) is 19.3 Å². The van der Waals surface area contributed by atoms with E-state index in [-0.39, 0.29) is 6.54 Å². The normalized spacial score (nSPS) is 15.0. The topological polar surface area (TPSA) is 112 Å². The van der Waals surface area contributed by atoms with Crippen molar-refractivity contribution in [3.63, 3.8) is 0 Å². The molecule has 0 aromatic carbocycles. The Morgan fingerprint density at radius 2 is 1.96 bits per heavy atom. The van der Waals surface area contributed by atoms with Gasteiger partial charge in [0.15, 0.2) is 5.82 Å². The standard InChI is InChI=1S/C19H31N5O3S/c1-12(2)28(25,26)21-7-9-27-10-8-24-16(11-15-5-6-15)23-17-18(24)13(3)14(4)22-19(17)20/h12,15,21H,5-11H2,1-4H3,(H2,20,22). The summed E-state index contributed by atoms with van der Waals surface area (Å²) in [6, 6.07) is 0. The molecule has 0 radical (unpaired) electrons. The number of nitrogens with one attached hydrogen (secondary N) is 1. The van der Waals surface area contributed by atoms with Crippen LogP contribution in [0.4, 0.5) is 5.82 Å². The van der Waals surface area contributed by atoms with E-state index >= 15 is 0 Å². The highest BCUT2D eigenvalue weighted by molar-refractivity contribution is 7.90. The third-order valence-electron chi connectivity index (χ3n) is 5.27. The second-order valence-corrected chi connectivity index (χ2v) is 10.2. The molecule has 28 heavy (non-hydrogen) atoms. The molecule has 1 aliphatic carbocycles. The average Bonchev–Trinajstić information content (AvgIpc) is 3.36. The first-order valence-corrected chi connectivity index (χ1v) is 11.4. The van der Waals surface area contributed by atoms with Gasteiger partial charge in [-0.25, -0.2) is 23.1 Å². The molecular weight excluding hydrogens is 378 g/mol. The minimum absolute atomic E-state index is 0.273. The summed E-state index contributed by atoms with van der Waals surface area (Å²) in [7, 11) is -3.25. The number of pyridine rings is 1. The lowest BCUT2D eigenvalue weighted by Gasteiger charge is -2.13. The number of rotatable bonds is 10. The molecule has 156 valence electrons. The highest BCUT2D eigenvalue weighted by Gasteiger charge is 2.26. The van der Waals surface area contributed by atoms with Crippen molar-refractivity contribution in [2.75, 3.05) is 25.5 Å². The molecule has 2 aromatic heterocycles. The van der Waals surface area contributed by atoms with Gasteiger partial charge in [0.2, 0.25) is 10.0 Å². The molecule has 0 saturated heterocycles. The monoisotopic (exact) mass is 409 g/mol. The first-order chi connectivity index (χ1) is 13.2. The number of imidazole rings is 1. The van der Waals surface area contributed by atoms with Gasteiger partial charge >= 0.3 is 0 Å². The Kier molecular flexibility index (Phi) is 6.26. The first-order valence-electron chi connectivity index (χ1n) is 9.88. The molecule has 1 aliphatic rings. The molecule has 0 unspecified atom stereocenters. The predicted octanol–water partition coefficient (Wildman–Crippen LogP) is 1.93. The van der Waals surface area contributed by atoms with Gasteiger partial charge in [-0.1, -0.05) is 0 Å². The number of nitrogens with two attached hydrogens (primary N) is 1. The maximum absolute atomic E-state index is 11.8. The second kappa shape index (κ2) is 8.34. The molecule has 1 saturated carbocycles. The van der Waals surface area contributed by atoms with E-state index in [0.29, 0.717) is 31.5 Å². The maximum atomic E-state index is 11.8. The van der Waals surface area contributed by atoms with E-state index in [0.717, 1.165) is 34.5 Å². The van der Waals surface area contributed by atoms with Crippen LogP contribution in [0.3, 0.4) is 0 Å². The van der Waals surface area contributed by atoms with Gasteiger partial charge in [0, 0.05) is 25.2 Å². The summed E-state index contributed by atoms with van der Waals surface area (Å²) in [6.45, 7) is 9.05. The van der Waals surface area contributed by atoms with E-state index in [9.17, 15) is 8.42 Å². The molecule has 0 aliphatic heterocycles. The largest absolute Gasteiger partial charge is 0.382 e. The highest BCUT2D eigenvalue weighted by atomic mass is 32.2. The number of hydrogen-bond donors (Lipinski definition) is 2. The molecule has 0 bridgehead atoms. The lowest BCUT2D eigenvalue weighted by molar-refractivity contribution is 0.131. The zero-order valence-corrected chi connectivity index (χ0v) is 18.0. The van der Waals surface area contributed by atoms with Crippen molar-refractivity contribution in [3.05, 3.63) is 17.1 Å². The number of nitrogens with zero attached hydrogens (tertiary/aromatic N) is 3. The summed E-state index contributed by atoms with van der Waals surface area (Å²) < 4.78 is 33.9. The van der Waals surface area contributed by atoms with E-state index in [4.69, 9.17) is 15.5 Å². The molecule has 1 fully saturated rings. The van der Waals surface area contributed by atoms with Crippen LogP contribution in [0.2, 0.25) is 0 Å². The molecule has 9 heteroatoms. The maximum Gasteiger partial charge on any atom is 0.214 e. The molecule has 3 rings (SSSR count). The quantitative estimate of drug-likeness (QED) is 0.580. The predicted molar refractivity (Wildman–Crippen MR) is 111 cm³/mol. The summed E-state index contributed by atoms with van der Waals surface area (Å²) in [6.07, 6.45) is 3.45. The number of hydrogen-bond acceptors (Lipinski definition) is 6. The van der Waals surface area contributed by atoms with E-state index in [1.165, 1.54) is 12.8 Å². The lowest BCUT2D eigenvalue weighted by Crippen LogP contribution is -2.33. The number of nitrogen functional groups attached to an aromatic ring is 1. The Balaban J connectivity index is 1.68. The number of aryl methyl sites for hydroxylation is 2. The van der Waals surface area contributed by atoms with Crippen LogP contribution in [0.15, 0.2) is 0 Å². The third kappa shape index (κ3) is 4.64. The minimum Gasteiger partial charge on any atom is -0.382 e. The number of fused-ring (bicyclic) bond motifs is 1. The lowest BCUT2D eigenvalue weighted by atomic mass is 10.2. The van der Waals surface area contributed by atoms with Crippen LogP contribution in [0.25, 0.3) is 11.0 Å². The van der Waals surface area contributed by atoms with Gasteiger partial charge in [-0.2, -0.15) is 0 Å². The van der Waals surface area contributed by atoms with Crippen LogP contribution < -0.4 is 10.5 Å². The SMILES string of the molecule is Cc1nc(N)c2nc(CC3CC3)n(CCOCCNS(=O)(=O)C(C)C)c2c1C. The number of sulfonamides is 1. The molecule has 0 atom stereocenters. The van der Waals surface area contributed by atoms with Gasteiger partial charge < -0.3 is 15.0 Å². The Morgan fingerprint density at radius 3 is 2.61 bits per heavy atom. The van der Waals surface area contributed by atoms with Crippen molar-refractivity contribution in [3.8, 4) is 0 Å². The highest BCUT2D eigenvalue weighted by Crippen LogP contribution is 2.34. The van der Waals surface area contributed by atoms with E-state index in [2.05, 4.69) is 14.3 Å². The summed E-state index contributed by atoms with van der Waals surface area (Å²) in [5.41, 5.74) is 9.93. The van der Waals surface area contributed by atoms with Crippen LogP contribution in [-0.4, -0.2) is 48.0 Å². The van der Waals surface area contributed by atoms with Crippen LogP contribution >= 0.6 is 0 Å². The first kappa shape index (κ1) is 21.0. The van der Waals surface area contributed by atoms with Gasteiger partial charge in [0.05, 0.1) is 24.0 Å². The molecule has 3 N–H and O–H groups in total. The van der Waals surface area contributed by atoms with Crippen molar-refractivity contribution in [1.29, 1.82) is 0 Å². The summed E-state index contributed by atoms with van der Waals surface area (Å²) >= 11 is 0. The van der Waals surface area contributed by atoms with E-state index < -0.39 is 15.3 Å². The van der Waals surface area contributed by atoms with Gasteiger partial charge in [-0.3, -0.25) is 0 Å². The molecule has 0 amide bonds.